The molecule has 0 atom stereocenters. The van der Waals surface area contributed by atoms with Gasteiger partial charge in [-0.2, -0.15) is 5.26 Å². The summed E-state index contributed by atoms with van der Waals surface area (Å²) in [6, 6.07) is 12.0. The van der Waals surface area contributed by atoms with E-state index < -0.39 is 0 Å². The average molecular weight is 263 g/mol. The predicted molar refractivity (Wildman–Crippen MR) is 72.8 cm³/mol. The number of nitriles is 1. The quantitative estimate of drug-likeness (QED) is 0.718. The van der Waals surface area contributed by atoms with Gasteiger partial charge in [0.2, 0.25) is 5.95 Å². The maximum absolute atomic E-state index is 12.5. The number of aromatic nitrogens is 3. The number of anilines is 1. The number of carbonyl (C=O) groups excluding carboxylic acids is 1. The second kappa shape index (κ2) is 4.48. The summed E-state index contributed by atoms with van der Waals surface area (Å²) in [5.41, 5.74) is 7.61. The fourth-order valence-corrected chi connectivity index (χ4v) is 2.01. The van der Waals surface area contributed by atoms with E-state index in [0.29, 0.717) is 16.6 Å². The van der Waals surface area contributed by atoms with E-state index in [9.17, 15) is 4.79 Å². The second-order valence-electron chi connectivity index (χ2n) is 4.14. The van der Waals surface area contributed by atoms with Gasteiger partial charge in [0.15, 0.2) is 0 Å². The molecule has 6 nitrogen and oxygen atoms in total. The number of fused-ring (bicyclic) bond motifs is 1. The third kappa shape index (κ3) is 1.78. The zero-order chi connectivity index (χ0) is 14.1. The molecule has 6 heteroatoms. The number of imidazole rings is 1. The minimum absolute atomic E-state index is 0.117. The van der Waals surface area contributed by atoms with Crippen LogP contribution in [0.25, 0.3) is 11.0 Å². The molecule has 0 bridgehead atoms. The maximum Gasteiger partial charge on any atom is 0.265 e. The lowest BCUT2D eigenvalue weighted by molar-refractivity contribution is 0.0967. The van der Waals surface area contributed by atoms with Gasteiger partial charge < -0.3 is 5.73 Å². The molecule has 20 heavy (non-hydrogen) atoms. The Balaban J connectivity index is 2.18. The van der Waals surface area contributed by atoms with Crippen molar-refractivity contribution in [3.05, 3.63) is 53.9 Å². The molecule has 0 aliphatic heterocycles. The largest absolute Gasteiger partial charge is 0.369 e. The highest BCUT2D eigenvalue weighted by molar-refractivity contribution is 6.03. The van der Waals surface area contributed by atoms with Crippen molar-refractivity contribution in [2.75, 3.05) is 5.73 Å². The molecule has 0 spiro atoms. The smallest absolute Gasteiger partial charge is 0.265 e. The van der Waals surface area contributed by atoms with Crippen molar-refractivity contribution in [3.8, 4) is 6.07 Å². The molecule has 0 unspecified atom stereocenters. The second-order valence-corrected chi connectivity index (χ2v) is 4.14. The van der Waals surface area contributed by atoms with Gasteiger partial charge in [-0.15, -0.1) is 0 Å². The van der Waals surface area contributed by atoms with Gasteiger partial charge in [-0.3, -0.25) is 4.79 Å². The van der Waals surface area contributed by atoms with Crippen LogP contribution in [0.4, 0.5) is 5.95 Å². The van der Waals surface area contributed by atoms with Crippen LogP contribution < -0.4 is 5.73 Å². The topological polar surface area (TPSA) is 97.6 Å². The van der Waals surface area contributed by atoms with E-state index in [1.54, 1.807) is 18.2 Å². The van der Waals surface area contributed by atoms with Crippen LogP contribution in [-0.2, 0) is 0 Å². The highest BCUT2D eigenvalue weighted by Gasteiger charge is 2.16. The third-order valence-electron chi connectivity index (χ3n) is 2.91. The molecule has 3 rings (SSSR count). The lowest BCUT2D eigenvalue weighted by atomic mass is 10.2. The molecule has 0 saturated heterocycles. The molecule has 3 aromatic rings. The molecule has 1 aromatic carbocycles. The van der Waals surface area contributed by atoms with Gasteiger partial charge in [0, 0.05) is 11.8 Å². The van der Waals surface area contributed by atoms with Crippen molar-refractivity contribution < 1.29 is 4.79 Å². The van der Waals surface area contributed by atoms with Gasteiger partial charge in [0.25, 0.3) is 5.91 Å². The number of hydrogen-bond donors (Lipinski definition) is 1. The van der Waals surface area contributed by atoms with E-state index in [1.807, 2.05) is 12.1 Å². The Morgan fingerprint density at radius 3 is 2.90 bits per heavy atom. The number of para-hydroxylation sites is 2. The van der Waals surface area contributed by atoms with Crippen molar-refractivity contribution in [1.29, 1.82) is 5.26 Å². The highest BCUT2D eigenvalue weighted by atomic mass is 16.2. The van der Waals surface area contributed by atoms with E-state index in [1.165, 1.54) is 22.9 Å². The van der Waals surface area contributed by atoms with Crippen LogP contribution in [0.15, 0.2) is 42.6 Å². The SMILES string of the molecule is N#Cc1cc(C(=O)n2c(N)nc3ccccc32)ccn1. The summed E-state index contributed by atoms with van der Waals surface area (Å²) in [4.78, 5) is 20.5. The summed E-state index contributed by atoms with van der Waals surface area (Å²) in [7, 11) is 0. The minimum Gasteiger partial charge on any atom is -0.369 e. The number of nitrogens with two attached hydrogens (primary N) is 1. The number of pyridine rings is 1. The van der Waals surface area contributed by atoms with Crippen molar-refractivity contribution >= 4 is 22.9 Å². The standard InChI is InChI=1S/C14H9N5O/c15-8-10-7-9(5-6-17-10)13(20)19-12-4-2-1-3-11(12)18-14(19)16/h1-7H,(H2,16,18). The Morgan fingerprint density at radius 1 is 1.30 bits per heavy atom. The van der Waals surface area contributed by atoms with E-state index >= 15 is 0 Å². The molecule has 2 N–H and O–H groups in total. The first-order valence-electron chi connectivity index (χ1n) is 5.84. The number of carbonyl (C=O) groups is 1. The first-order chi connectivity index (χ1) is 9.70. The van der Waals surface area contributed by atoms with Crippen LogP contribution in [0.2, 0.25) is 0 Å². The molecule has 0 fully saturated rings. The van der Waals surface area contributed by atoms with Gasteiger partial charge in [0.05, 0.1) is 11.0 Å². The molecule has 0 aliphatic carbocycles. The van der Waals surface area contributed by atoms with Crippen LogP contribution in [0.1, 0.15) is 16.1 Å². The first kappa shape index (κ1) is 11.9. The summed E-state index contributed by atoms with van der Waals surface area (Å²) in [6.45, 7) is 0. The fourth-order valence-electron chi connectivity index (χ4n) is 2.01. The molecule has 2 aromatic heterocycles. The molecule has 96 valence electrons. The molecule has 0 radical (unpaired) electrons. The van der Waals surface area contributed by atoms with E-state index in [4.69, 9.17) is 11.0 Å². The molecule has 0 saturated carbocycles. The summed E-state index contributed by atoms with van der Waals surface area (Å²) in [5.74, 6) is -0.221. The zero-order valence-corrected chi connectivity index (χ0v) is 10.3. The van der Waals surface area contributed by atoms with Gasteiger partial charge in [-0.25, -0.2) is 14.5 Å². The van der Waals surface area contributed by atoms with Crippen LogP contribution in [0, 0.1) is 11.3 Å². The van der Waals surface area contributed by atoms with Gasteiger partial charge in [-0.1, -0.05) is 12.1 Å². The summed E-state index contributed by atoms with van der Waals surface area (Å²) < 4.78 is 1.33. The molecule has 0 aliphatic rings. The number of nitrogens with zero attached hydrogens (tertiary/aromatic N) is 4. The van der Waals surface area contributed by atoms with Crippen molar-refractivity contribution in [2.45, 2.75) is 0 Å². The van der Waals surface area contributed by atoms with Crippen molar-refractivity contribution in [2.24, 2.45) is 0 Å². The Morgan fingerprint density at radius 2 is 2.10 bits per heavy atom. The molecular weight excluding hydrogens is 254 g/mol. The normalized spacial score (nSPS) is 10.3. The lowest BCUT2D eigenvalue weighted by Gasteiger charge is -2.05. The summed E-state index contributed by atoms with van der Waals surface area (Å²) in [6.07, 6.45) is 1.42. The van der Waals surface area contributed by atoms with E-state index in [-0.39, 0.29) is 17.5 Å². The Labute approximate surface area is 114 Å². The third-order valence-corrected chi connectivity index (χ3v) is 2.91. The van der Waals surface area contributed by atoms with Crippen LogP contribution in [0.3, 0.4) is 0 Å². The zero-order valence-electron chi connectivity index (χ0n) is 10.3. The monoisotopic (exact) mass is 263 g/mol. The first-order valence-corrected chi connectivity index (χ1v) is 5.84. The Hall–Kier alpha value is -3.20. The molecular formula is C14H9N5O. The van der Waals surface area contributed by atoms with E-state index in [0.717, 1.165) is 0 Å². The van der Waals surface area contributed by atoms with Crippen LogP contribution >= 0.6 is 0 Å². The van der Waals surface area contributed by atoms with Gasteiger partial charge >= 0.3 is 0 Å². The lowest BCUT2D eigenvalue weighted by Crippen LogP contribution is -2.15. The van der Waals surface area contributed by atoms with E-state index in [2.05, 4.69) is 9.97 Å². The van der Waals surface area contributed by atoms with Gasteiger partial charge in [-0.05, 0) is 24.3 Å². The fraction of sp³-hybridized carbons (Fsp3) is 0. The molecule has 2 heterocycles. The predicted octanol–water partition coefficient (Wildman–Crippen LogP) is 1.57. The van der Waals surface area contributed by atoms with Crippen molar-refractivity contribution in [3.63, 3.8) is 0 Å². The number of benzene rings is 1. The highest BCUT2D eigenvalue weighted by Crippen LogP contribution is 2.19. The number of rotatable bonds is 1. The summed E-state index contributed by atoms with van der Waals surface area (Å²) >= 11 is 0. The van der Waals surface area contributed by atoms with Gasteiger partial charge in [0.1, 0.15) is 11.8 Å². The summed E-state index contributed by atoms with van der Waals surface area (Å²) in [5, 5.41) is 8.83. The van der Waals surface area contributed by atoms with Crippen molar-refractivity contribution in [1.82, 2.24) is 14.5 Å². The van der Waals surface area contributed by atoms with Crippen LogP contribution in [0.5, 0.6) is 0 Å². The molecule has 0 amide bonds. The number of nitrogen functional groups attached to an aromatic ring is 1. The van der Waals surface area contributed by atoms with Crippen LogP contribution in [-0.4, -0.2) is 20.4 Å². The maximum atomic E-state index is 12.5. The average Bonchev–Trinajstić information content (AvgIpc) is 2.82. The minimum atomic E-state index is -0.338. The Bertz CT molecular complexity index is 859. The Kier molecular flexibility index (Phi) is 2.66. The number of hydrogen-bond acceptors (Lipinski definition) is 5.